The zero-order valence-corrected chi connectivity index (χ0v) is 15.4. The summed E-state index contributed by atoms with van der Waals surface area (Å²) in [6.45, 7) is 1.09. The highest BCUT2D eigenvalue weighted by Crippen LogP contribution is 2.29. The lowest BCUT2D eigenvalue weighted by molar-refractivity contribution is -0.133. The Hall–Kier alpha value is -3.13. The van der Waals surface area contributed by atoms with Crippen molar-refractivity contribution >= 4 is 35.1 Å². The summed E-state index contributed by atoms with van der Waals surface area (Å²) < 4.78 is 5.16. The third-order valence-corrected chi connectivity index (χ3v) is 4.42. The predicted octanol–water partition coefficient (Wildman–Crippen LogP) is 2.15. The molecule has 0 radical (unpaired) electrons. The molecular formula is C18H17ClN4O4. The second-order valence-electron chi connectivity index (χ2n) is 6.05. The van der Waals surface area contributed by atoms with Crippen LogP contribution in [0.4, 0.5) is 10.5 Å². The first kappa shape index (κ1) is 18.7. The Morgan fingerprint density at radius 2 is 2.11 bits per heavy atom. The molecule has 1 aliphatic heterocycles. The highest BCUT2D eigenvalue weighted by Gasteiger charge is 2.50. The average molecular weight is 389 g/mol. The Balaban J connectivity index is 1.76. The van der Waals surface area contributed by atoms with Gasteiger partial charge in [-0.15, -0.1) is 0 Å². The van der Waals surface area contributed by atoms with Crippen molar-refractivity contribution in [1.82, 2.24) is 15.2 Å². The zero-order chi connectivity index (χ0) is 19.6. The largest absolute Gasteiger partial charge is 0.495 e. The van der Waals surface area contributed by atoms with Gasteiger partial charge in [-0.1, -0.05) is 17.7 Å². The van der Waals surface area contributed by atoms with E-state index in [1.165, 1.54) is 19.4 Å². The van der Waals surface area contributed by atoms with Gasteiger partial charge < -0.3 is 15.4 Å². The van der Waals surface area contributed by atoms with E-state index in [0.717, 1.165) is 4.90 Å². The van der Waals surface area contributed by atoms with Gasteiger partial charge in [0.1, 0.15) is 12.3 Å². The summed E-state index contributed by atoms with van der Waals surface area (Å²) in [6, 6.07) is 9.13. The van der Waals surface area contributed by atoms with Gasteiger partial charge in [-0.05, 0) is 37.3 Å². The van der Waals surface area contributed by atoms with Crippen molar-refractivity contribution in [3.8, 4) is 5.75 Å². The molecule has 140 valence electrons. The molecule has 0 spiro atoms. The first-order chi connectivity index (χ1) is 12.8. The number of carbonyl (C=O) groups is 3. The second-order valence-corrected chi connectivity index (χ2v) is 6.49. The number of amides is 4. The van der Waals surface area contributed by atoms with Crippen molar-refractivity contribution in [1.29, 1.82) is 0 Å². The first-order valence-electron chi connectivity index (χ1n) is 8.04. The number of imide groups is 1. The molecule has 1 fully saturated rings. The maximum atomic E-state index is 12.8. The Bertz CT molecular complexity index is 905. The molecule has 1 aliphatic rings. The second kappa shape index (κ2) is 7.24. The van der Waals surface area contributed by atoms with Gasteiger partial charge in [-0.3, -0.25) is 19.5 Å². The SMILES string of the molecule is COc1ccc(Cl)cc1NC(=O)CN1C(=O)NC(C)(c2ccccn2)C1=O. The van der Waals surface area contributed by atoms with E-state index in [1.807, 2.05) is 0 Å². The number of benzene rings is 1. The topological polar surface area (TPSA) is 101 Å². The third-order valence-electron chi connectivity index (χ3n) is 4.19. The molecule has 0 aliphatic carbocycles. The maximum Gasteiger partial charge on any atom is 0.325 e. The van der Waals surface area contributed by atoms with Crippen LogP contribution in [0.15, 0.2) is 42.6 Å². The molecule has 4 amide bonds. The van der Waals surface area contributed by atoms with Gasteiger partial charge >= 0.3 is 6.03 Å². The average Bonchev–Trinajstić information content (AvgIpc) is 2.87. The number of aromatic nitrogens is 1. The summed E-state index contributed by atoms with van der Waals surface area (Å²) in [5.74, 6) is -0.716. The fraction of sp³-hybridized carbons (Fsp3) is 0.222. The lowest BCUT2D eigenvalue weighted by Gasteiger charge is -2.20. The number of halogens is 1. The monoisotopic (exact) mass is 388 g/mol. The van der Waals surface area contributed by atoms with Gasteiger partial charge in [0.2, 0.25) is 5.91 Å². The van der Waals surface area contributed by atoms with Crippen molar-refractivity contribution < 1.29 is 19.1 Å². The van der Waals surface area contributed by atoms with Gasteiger partial charge in [-0.2, -0.15) is 0 Å². The van der Waals surface area contributed by atoms with Gasteiger partial charge in [0, 0.05) is 11.2 Å². The van der Waals surface area contributed by atoms with Crippen LogP contribution < -0.4 is 15.4 Å². The minimum absolute atomic E-state index is 0.342. The van der Waals surface area contributed by atoms with Crippen molar-refractivity contribution in [3.05, 3.63) is 53.3 Å². The van der Waals surface area contributed by atoms with Crippen molar-refractivity contribution in [2.45, 2.75) is 12.5 Å². The molecule has 1 saturated heterocycles. The standard InChI is InChI=1S/C18H17ClN4O4/c1-18(14-5-3-4-8-20-14)16(25)23(17(26)22-18)10-15(24)21-12-9-11(19)6-7-13(12)27-2/h3-9H,10H2,1-2H3,(H,21,24)(H,22,26). The number of carbonyl (C=O) groups excluding carboxylic acids is 3. The highest BCUT2D eigenvalue weighted by atomic mass is 35.5. The molecule has 2 heterocycles. The quantitative estimate of drug-likeness (QED) is 0.764. The fourth-order valence-electron chi connectivity index (χ4n) is 2.78. The molecule has 1 unspecified atom stereocenters. The van der Waals surface area contributed by atoms with Crippen LogP contribution in [-0.4, -0.2) is 41.4 Å². The molecule has 8 nitrogen and oxygen atoms in total. The molecule has 1 atom stereocenters. The van der Waals surface area contributed by atoms with Gasteiger partial charge in [0.05, 0.1) is 18.5 Å². The van der Waals surface area contributed by atoms with Crippen molar-refractivity contribution in [2.24, 2.45) is 0 Å². The molecule has 0 bridgehead atoms. The van der Waals surface area contributed by atoms with Crippen LogP contribution in [0.5, 0.6) is 5.75 Å². The maximum absolute atomic E-state index is 12.8. The number of methoxy groups -OCH3 is 1. The number of ether oxygens (including phenoxy) is 1. The van der Waals surface area contributed by atoms with Gasteiger partial charge in [0.15, 0.2) is 5.54 Å². The van der Waals surface area contributed by atoms with E-state index in [9.17, 15) is 14.4 Å². The molecule has 9 heteroatoms. The summed E-state index contributed by atoms with van der Waals surface area (Å²) in [4.78, 5) is 42.4. The summed E-state index contributed by atoms with van der Waals surface area (Å²) in [6.07, 6.45) is 1.53. The van der Waals surface area contributed by atoms with Crippen LogP contribution in [-0.2, 0) is 15.1 Å². The third kappa shape index (κ3) is 3.56. The van der Waals surface area contributed by atoms with Gasteiger partial charge in [0.25, 0.3) is 5.91 Å². The van der Waals surface area contributed by atoms with Crippen molar-refractivity contribution in [3.63, 3.8) is 0 Å². The van der Waals surface area contributed by atoms with Crippen LogP contribution in [0.2, 0.25) is 5.02 Å². The van der Waals surface area contributed by atoms with E-state index in [1.54, 1.807) is 37.3 Å². The van der Waals surface area contributed by atoms with E-state index in [0.29, 0.717) is 22.2 Å². The molecule has 1 aromatic heterocycles. The zero-order valence-electron chi connectivity index (χ0n) is 14.7. The predicted molar refractivity (Wildman–Crippen MR) is 98.5 cm³/mol. The molecule has 2 aromatic rings. The van der Waals surface area contributed by atoms with E-state index < -0.39 is 29.9 Å². The Morgan fingerprint density at radius 1 is 1.33 bits per heavy atom. The summed E-state index contributed by atoms with van der Waals surface area (Å²) >= 11 is 5.94. The lowest BCUT2D eigenvalue weighted by atomic mass is 9.97. The van der Waals surface area contributed by atoms with Crippen LogP contribution in [0.25, 0.3) is 0 Å². The highest BCUT2D eigenvalue weighted by molar-refractivity contribution is 6.31. The number of hydrogen-bond acceptors (Lipinski definition) is 5. The normalized spacial score (nSPS) is 19.0. The van der Waals surface area contributed by atoms with Gasteiger partial charge in [-0.25, -0.2) is 4.79 Å². The molecular weight excluding hydrogens is 372 g/mol. The van der Waals surface area contributed by atoms with Crippen LogP contribution in [0, 0.1) is 0 Å². The lowest BCUT2D eigenvalue weighted by Crippen LogP contribution is -2.42. The van der Waals surface area contributed by atoms with Crippen LogP contribution in [0.3, 0.4) is 0 Å². The van der Waals surface area contributed by atoms with E-state index in [-0.39, 0.29) is 0 Å². The minimum atomic E-state index is -1.33. The molecule has 0 saturated carbocycles. The number of nitrogens with zero attached hydrogens (tertiary/aromatic N) is 2. The summed E-state index contributed by atoms with van der Waals surface area (Å²) in [5, 5.41) is 5.60. The number of nitrogens with one attached hydrogen (secondary N) is 2. The van der Waals surface area contributed by atoms with E-state index >= 15 is 0 Å². The number of anilines is 1. The van der Waals surface area contributed by atoms with Crippen LogP contribution >= 0.6 is 11.6 Å². The summed E-state index contributed by atoms with van der Waals surface area (Å²) in [7, 11) is 1.45. The van der Waals surface area contributed by atoms with E-state index in [2.05, 4.69) is 15.6 Å². The smallest absolute Gasteiger partial charge is 0.325 e. The summed E-state index contributed by atoms with van der Waals surface area (Å²) in [5.41, 5.74) is -0.593. The number of urea groups is 1. The number of rotatable bonds is 5. The molecule has 27 heavy (non-hydrogen) atoms. The van der Waals surface area contributed by atoms with E-state index in [4.69, 9.17) is 16.3 Å². The Labute approximate surface area is 160 Å². The van der Waals surface area contributed by atoms with Crippen LogP contribution in [0.1, 0.15) is 12.6 Å². The number of pyridine rings is 1. The molecule has 2 N–H and O–H groups in total. The fourth-order valence-corrected chi connectivity index (χ4v) is 2.96. The van der Waals surface area contributed by atoms with Crippen molar-refractivity contribution in [2.75, 3.05) is 19.0 Å². The molecule has 1 aromatic carbocycles. The Morgan fingerprint density at radius 3 is 2.78 bits per heavy atom. The molecule has 3 rings (SSSR count). The number of hydrogen-bond donors (Lipinski definition) is 2. The Kier molecular flexibility index (Phi) is 5.00. The minimum Gasteiger partial charge on any atom is -0.495 e. The first-order valence-corrected chi connectivity index (χ1v) is 8.42.